The number of rotatable bonds is 6. The van der Waals surface area contributed by atoms with Crippen molar-refractivity contribution in [3.63, 3.8) is 0 Å². The first kappa shape index (κ1) is 14.4. The van der Waals surface area contributed by atoms with Crippen LogP contribution in [0.3, 0.4) is 0 Å². The van der Waals surface area contributed by atoms with Gasteiger partial charge in [0.2, 0.25) is 0 Å². The van der Waals surface area contributed by atoms with Gasteiger partial charge in [-0.05, 0) is 46.2 Å². The first-order valence-electron chi connectivity index (χ1n) is 6.38. The van der Waals surface area contributed by atoms with Gasteiger partial charge in [0.25, 0.3) is 0 Å². The van der Waals surface area contributed by atoms with Crippen molar-refractivity contribution in [1.82, 2.24) is 10.2 Å². The molecule has 1 rings (SSSR count). The Morgan fingerprint density at radius 1 is 1.65 bits per heavy atom. The molecule has 0 aromatic rings. The summed E-state index contributed by atoms with van der Waals surface area (Å²) in [6, 6.07) is 2.80. The Labute approximate surface area is 105 Å². The monoisotopic (exact) mass is 239 g/mol. The van der Waals surface area contributed by atoms with Gasteiger partial charge in [-0.1, -0.05) is 0 Å². The zero-order valence-corrected chi connectivity index (χ0v) is 11.5. The lowest BCUT2D eigenvalue weighted by Crippen LogP contribution is -2.45. The molecule has 1 saturated heterocycles. The maximum Gasteiger partial charge on any atom is 0.105 e. The summed E-state index contributed by atoms with van der Waals surface area (Å²) in [5, 5.41) is 12.3. The molecule has 0 amide bonds. The number of hydrogen-bond donors (Lipinski definition) is 1. The Hall–Kier alpha value is -0.630. The molecular formula is C13H25N3O. The molecule has 1 N–H and O–H groups in total. The van der Waals surface area contributed by atoms with Crippen LogP contribution in [0, 0.1) is 17.2 Å². The molecule has 0 radical (unpaired) electrons. The summed E-state index contributed by atoms with van der Waals surface area (Å²) in [5.41, 5.74) is -0.418. The first-order chi connectivity index (χ1) is 8.04. The molecule has 4 heteroatoms. The molecule has 1 aliphatic rings. The molecule has 98 valence electrons. The standard InChI is InChI=1S/C13H25N3O/c1-11(7-13(2,10-14)15-3)16-6-5-12(8-16)9-17-4/h11-12,15H,5-9H2,1-4H3. The molecule has 0 saturated carbocycles. The largest absolute Gasteiger partial charge is 0.384 e. The average molecular weight is 239 g/mol. The van der Waals surface area contributed by atoms with Crippen LogP contribution in [0.25, 0.3) is 0 Å². The summed E-state index contributed by atoms with van der Waals surface area (Å²) < 4.78 is 5.21. The second-order valence-corrected chi connectivity index (χ2v) is 5.35. The van der Waals surface area contributed by atoms with Gasteiger partial charge in [-0.25, -0.2) is 0 Å². The molecular weight excluding hydrogens is 214 g/mol. The van der Waals surface area contributed by atoms with Crippen molar-refractivity contribution in [3.05, 3.63) is 0 Å². The zero-order valence-electron chi connectivity index (χ0n) is 11.5. The second-order valence-electron chi connectivity index (χ2n) is 5.35. The number of hydrogen-bond acceptors (Lipinski definition) is 4. The highest BCUT2D eigenvalue weighted by Crippen LogP contribution is 2.23. The van der Waals surface area contributed by atoms with Crippen LogP contribution in [0.2, 0.25) is 0 Å². The van der Waals surface area contributed by atoms with Gasteiger partial charge in [0.15, 0.2) is 0 Å². The number of nitrogens with one attached hydrogen (secondary N) is 1. The maximum atomic E-state index is 9.16. The molecule has 3 unspecified atom stereocenters. The zero-order chi connectivity index (χ0) is 12.9. The van der Waals surface area contributed by atoms with Crippen LogP contribution in [0.15, 0.2) is 0 Å². The summed E-state index contributed by atoms with van der Waals surface area (Å²) >= 11 is 0. The Kier molecular flexibility index (Phi) is 5.38. The Morgan fingerprint density at radius 3 is 2.88 bits per heavy atom. The summed E-state index contributed by atoms with van der Waals surface area (Å²) in [6.45, 7) is 7.25. The fourth-order valence-electron chi connectivity index (χ4n) is 2.56. The molecule has 0 aromatic carbocycles. The lowest BCUT2D eigenvalue weighted by atomic mass is 9.95. The maximum absolute atomic E-state index is 9.16. The van der Waals surface area contributed by atoms with Gasteiger partial charge in [0.1, 0.15) is 5.54 Å². The van der Waals surface area contributed by atoms with Gasteiger partial charge in [-0.15, -0.1) is 0 Å². The van der Waals surface area contributed by atoms with E-state index < -0.39 is 5.54 Å². The molecule has 1 heterocycles. The van der Waals surface area contributed by atoms with Crippen molar-refractivity contribution in [2.24, 2.45) is 5.92 Å². The lowest BCUT2D eigenvalue weighted by Gasteiger charge is -2.30. The predicted octanol–water partition coefficient (Wildman–Crippen LogP) is 1.23. The highest BCUT2D eigenvalue weighted by Gasteiger charge is 2.31. The van der Waals surface area contributed by atoms with E-state index in [2.05, 4.69) is 23.2 Å². The summed E-state index contributed by atoms with van der Waals surface area (Å²) in [5.74, 6) is 0.658. The van der Waals surface area contributed by atoms with Gasteiger partial charge in [0.05, 0.1) is 12.7 Å². The van der Waals surface area contributed by atoms with E-state index >= 15 is 0 Å². The molecule has 17 heavy (non-hydrogen) atoms. The average Bonchev–Trinajstić information content (AvgIpc) is 2.78. The van der Waals surface area contributed by atoms with Crippen molar-refractivity contribution in [2.45, 2.75) is 38.3 Å². The van der Waals surface area contributed by atoms with Crippen molar-refractivity contribution in [2.75, 3.05) is 33.9 Å². The normalized spacial score (nSPS) is 26.4. The number of nitriles is 1. The second kappa shape index (κ2) is 6.34. The quantitative estimate of drug-likeness (QED) is 0.757. The highest BCUT2D eigenvalue weighted by atomic mass is 16.5. The topological polar surface area (TPSA) is 48.3 Å². The van der Waals surface area contributed by atoms with Crippen LogP contribution in [-0.2, 0) is 4.74 Å². The van der Waals surface area contributed by atoms with E-state index in [0.29, 0.717) is 12.0 Å². The Morgan fingerprint density at radius 2 is 2.35 bits per heavy atom. The molecule has 0 bridgehead atoms. The first-order valence-corrected chi connectivity index (χ1v) is 6.38. The number of ether oxygens (including phenoxy) is 1. The minimum absolute atomic E-state index is 0.418. The van der Waals surface area contributed by atoms with Crippen LogP contribution < -0.4 is 5.32 Å². The lowest BCUT2D eigenvalue weighted by molar-refractivity contribution is 0.144. The van der Waals surface area contributed by atoms with Crippen molar-refractivity contribution in [1.29, 1.82) is 5.26 Å². The van der Waals surface area contributed by atoms with Gasteiger partial charge >= 0.3 is 0 Å². The van der Waals surface area contributed by atoms with E-state index in [9.17, 15) is 0 Å². The van der Waals surface area contributed by atoms with Gasteiger partial charge in [-0.3, -0.25) is 0 Å². The number of likely N-dealkylation sites (tertiary alicyclic amines) is 1. The molecule has 0 aromatic heterocycles. The minimum Gasteiger partial charge on any atom is -0.384 e. The molecule has 1 fully saturated rings. The van der Waals surface area contributed by atoms with Crippen molar-refractivity contribution in [3.8, 4) is 6.07 Å². The van der Waals surface area contributed by atoms with E-state index in [1.54, 1.807) is 7.11 Å². The predicted molar refractivity (Wildman–Crippen MR) is 68.7 cm³/mol. The van der Waals surface area contributed by atoms with E-state index in [1.807, 2.05) is 14.0 Å². The molecule has 4 nitrogen and oxygen atoms in total. The third-order valence-electron chi connectivity index (χ3n) is 3.85. The van der Waals surface area contributed by atoms with Crippen LogP contribution in [0.5, 0.6) is 0 Å². The van der Waals surface area contributed by atoms with E-state index in [-0.39, 0.29) is 0 Å². The Balaban J connectivity index is 2.44. The molecule has 1 aliphatic heterocycles. The SMILES string of the molecule is CNC(C)(C#N)CC(C)N1CCC(COC)C1. The van der Waals surface area contributed by atoms with Crippen molar-refractivity contribution < 1.29 is 4.74 Å². The van der Waals surface area contributed by atoms with Crippen molar-refractivity contribution >= 4 is 0 Å². The molecule has 0 aliphatic carbocycles. The highest BCUT2D eigenvalue weighted by molar-refractivity contribution is 5.05. The summed E-state index contributed by atoms with van der Waals surface area (Å²) in [6.07, 6.45) is 2.07. The number of nitrogens with zero attached hydrogens (tertiary/aromatic N) is 2. The fourth-order valence-corrected chi connectivity index (χ4v) is 2.56. The van der Waals surface area contributed by atoms with Gasteiger partial charge in [-0.2, -0.15) is 5.26 Å². The fraction of sp³-hybridized carbons (Fsp3) is 0.923. The summed E-state index contributed by atoms with van der Waals surface area (Å²) in [4.78, 5) is 2.47. The van der Waals surface area contributed by atoms with Crippen LogP contribution >= 0.6 is 0 Å². The van der Waals surface area contributed by atoms with Gasteiger partial charge in [0, 0.05) is 19.7 Å². The van der Waals surface area contributed by atoms with E-state index in [4.69, 9.17) is 10.00 Å². The van der Waals surface area contributed by atoms with Gasteiger partial charge < -0.3 is 15.0 Å². The van der Waals surface area contributed by atoms with Crippen LogP contribution in [0.1, 0.15) is 26.7 Å². The minimum atomic E-state index is -0.418. The molecule has 3 atom stereocenters. The number of methoxy groups -OCH3 is 1. The van der Waals surface area contributed by atoms with Crippen LogP contribution in [0.4, 0.5) is 0 Å². The summed E-state index contributed by atoms with van der Waals surface area (Å²) in [7, 11) is 3.62. The molecule has 0 spiro atoms. The van der Waals surface area contributed by atoms with E-state index in [0.717, 1.165) is 26.1 Å². The Bertz CT molecular complexity index is 276. The van der Waals surface area contributed by atoms with Crippen LogP contribution in [-0.4, -0.2) is 50.3 Å². The third kappa shape index (κ3) is 3.95. The smallest absolute Gasteiger partial charge is 0.105 e. The third-order valence-corrected chi connectivity index (χ3v) is 3.85. The van der Waals surface area contributed by atoms with E-state index in [1.165, 1.54) is 6.42 Å².